The Balaban J connectivity index is 2.18. The molecule has 2 rings (SSSR count). The quantitative estimate of drug-likeness (QED) is 0.909. The van der Waals surface area contributed by atoms with Gasteiger partial charge in [0.2, 0.25) is 0 Å². The number of ketones is 1. The van der Waals surface area contributed by atoms with Gasteiger partial charge in [0.1, 0.15) is 11.6 Å². The summed E-state index contributed by atoms with van der Waals surface area (Å²) in [6, 6.07) is 9.98. The van der Waals surface area contributed by atoms with Gasteiger partial charge in [0, 0.05) is 11.8 Å². The summed E-state index contributed by atoms with van der Waals surface area (Å²) in [5.74, 6) is -0.199. The molecule has 20 heavy (non-hydrogen) atoms. The zero-order valence-electron chi connectivity index (χ0n) is 11.6. The van der Waals surface area contributed by atoms with E-state index in [1.54, 1.807) is 44.4 Å². The summed E-state index contributed by atoms with van der Waals surface area (Å²) < 4.78 is 13.7. The second-order valence-corrected chi connectivity index (χ2v) is 4.69. The molecule has 0 saturated carbocycles. The van der Waals surface area contributed by atoms with Crippen LogP contribution in [0, 0.1) is 5.82 Å². The van der Waals surface area contributed by atoms with Crippen LogP contribution in [0.2, 0.25) is 0 Å². The minimum Gasteiger partial charge on any atom is -0.310 e. The maximum Gasteiger partial charge on any atom is 0.147 e. The van der Waals surface area contributed by atoms with E-state index in [0.29, 0.717) is 17.7 Å². The number of halogens is 1. The second kappa shape index (κ2) is 6.39. The highest BCUT2D eigenvalue weighted by atomic mass is 19.1. The number of rotatable bonds is 5. The highest BCUT2D eigenvalue weighted by Gasteiger charge is 2.12. The van der Waals surface area contributed by atoms with Crippen LogP contribution in [0.4, 0.5) is 4.39 Å². The van der Waals surface area contributed by atoms with Crippen LogP contribution < -0.4 is 5.32 Å². The number of Topliss-reactive ketones (excluding diaryl/α,β-unsaturated/α-hetero) is 1. The lowest BCUT2D eigenvalue weighted by atomic mass is 10.0. The molecule has 1 N–H and O–H groups in total. The molecule has 1 aromatic heterocycles. The Kier molecular flexibility index (Phi) is 4.58. The lowest BCUT2D eigenvalue weighted by Gasteiger charge is -2.12. The first kappa shape index (κ1) is 14.3. The number of pyridine rings is 1. The number of aromatic nitrogens is 1. The summed E-state index contributed by atoms with van der Waals surface area (Å²) in [7, 11) is 1.76. The van der Waals surface area contributed by atoms with E-state index in [9.17, 15) is 9.18 Å². The molecule has 0 aliphatic carbocycles. The molecule has 0 fully saturated rings. The first-order chi connectivity index (χ1) is 9.61. The van der Waals surface area contributed by atoms with Crippen molar-refractivity contribution >= 4 is 5.78 Å². The molecule has 0 saturated heterocycles. The normalized spacial score (nSPS) is 12.2. The van der Waals surface area contributed by atoms with Crippen molar-refractivity contribution in [1.82, 2.24) is 10.3 Å². The number of carbonyl (C=O) groups is 1. The fourth-order valence-electron chi connectivity index (χ4n) is 2.06. The van der Waals surface area contributed by atoms with Crippen molar-refractivity contribution in [2.24, 2.45) is 0 Å². The molecule has 1 atom stereocenters. The molecule has 3 nitrogen and oxygen atoms in total. The van der Waals surface area contributed by atoms with Crippen LogP contribution in [-0.4, -0.2) is 23.9 Å². The summed E-state index contributed by atoms with van der Waals surface area (Å²) in [6.07, 6.45) is 2.27. The van der Waals surface area contributed by atoms with Crippen LogP contribution in [0.1, 0.15) is 12.5 Å². The van der Waals surface area contributed by atoms with Gasteiger partial charge in [-0.2, -0.15) is 0 Å². The van der Waals surface area contributed by atoms with Crippen LogP contribution >= 0.6 is 0 Å². The van der Waals surface area contributed by atoms with E-state index in [4.69, 9.17) is 0 Å². The topological polar surface area (TPSA) is 42.0 Å². The van der Waals surface area contributed by atoms with Gasteiger partial charge in [-0.3, -0.25) is 9.78 Å². The van der Waals surface area contributed by atoms with Crippen LogP contribution in [0.5, 0.6) is 0 Å². The Morgan fingerprint density at radius 1 is 1.30 bits per heavy atom. The van der Waals surface area contributed by atoms with Gasteiger partial charge in [-0.15, -0.1) is 0 Å². The number of hydrogen-bond donors (Lipinski definition) is 1. The van der Waals surface area contributed by atoms with Crippen molar-refractivity contribution in [3.8, 4) is 11.3 Å². The average Bonchev–Trinajstić information content (AvgIpc) is 2.46. The van der Waals surface area contributed by atoms with E-state index in [1.165, 1.54) is 6.07 Å². The Morgan fingerprint density at radius 3 is 2.60 bits per heavy atom. The minimum absolute atomic E-state index is 0.0886. The zero-order chi connectivity index (χ0) is 14.5. The van der Waals surface area contributed by atoms with Crippen molar-refractivity contribution < 1.29 is 9.18 Å². The summed E-state index contributed by atoms with van der Waals surface area (Å²) in [5.41, 5.74) is 2.02. The number of likely N-dealkylation sites (N-methyl/N-ethyl adjacent to an activating group) is 1. The van der Waals surface area contributed by atoms with Crippen LogP contribution in [0.25, 0.3) is 11.3 Å². The van der Waals surface area contributed by atoms with Gasteiger partial charge in [-0.05, 0) is 44.2 Å². The lowest BCUT2D eigenvalue weighted by molar-refractivity contribution is -0.118. The van der Waals surface area contributed by atoms with Gasteiger partial charge < -0.3 is 5.32 Å². The monoisotopic (exact) mass is 272 g/mol. The molecule has 2 aromatic rings. The smallest absolute Gasteiger partial charge is 0.147 e. The van der Waals surface area contributed by atoms with Gasteiger partial charge in [-0.25, -0.2) is 4.39 Å². The molecule has 0 aliphatic rings. The number of carbonyl (C=O) groups excluding carboxylic acids is 1. The number of benzene rings is 1. The van der Waals surface area contributed by atoms with E-state index in [1.807, 2.05) is 6.07 Å². The third-order valence-corrected chi connectivity index (χ3v) is 3.25. The van der Waals surface area contributed by atoms with Crippen molar-refractivity contribution in [3.63, 3.8) is 0 Å². The predicted octanol–water partition coefficient (Wildman–Crippen LogP) is 2.61. The maximum atomic E-state index is 13.7. The van der Waals surface area contributed by atoms with Crippen molar-refractivity contribution in [2.75, 3.05) is 7.05 Å². The first-order valence-corrected chi connectivity index (χ1v) is 6.49. The van der Waals surface area contributed by atoms with Gasteiger partial charge in [0.25, 0.3) is 0 Å². The molecule has 4 heteroatoms. The molecule has 1 aromatic carbocycles. The lowest BCUT2D eigenvalue weighted by Crippen LogP contribution is -2.34. The molecular weight excluding hydrogens is 255 g/mol. The fourth-order valence-corrected chi connectivity index (χ4v) is 2.06. The van der Waals surface area contributed by atoms with Gasteiger partial charge >= 0.3 is 0 Å². The molecular formula is C16H17FN2O. The van der Waals surface area contributed by atoms with Gasteiger partial charge in [0.05, 0.1) is 11.7 Å². The highest BCUT2D eigenvalue weighted by Crippen LogP contribution is 2.20. The summed E-state index contributed by atoms with van der Waals surface area (Å²) in [6.45, 7) is 1.56. The maximum absolute atomic E-state index is 13.7. The summed E-state index contributed by atoms with van der Waals surface area (Å²) in [4.78, 5) is 15.7. The van der Waals surface area contributed by atoms with E-state index in [-0.39, 0.29) is 17.6 Å². The highest BCUT2D eigenvalue weighted by molar-refractivity contribution is 5.81. The Hall–Kier alpha value is -2.07. The van der Waals surface area contributed by atoms with Crippen LogP contribution in [0.3, 0.4) is 0 Å². The Bertz CT molecular complexity index is 596. The summed E-state index contributed by atoms with van der Waals surface area (Å²) >= 11 is 0. The third-order valence-electron chi connectivity index (χ3n) is 3.25. The van der Waals surface area contributed by atoms with Gasteiger partial charge in [-0.1, -0.05) is 18.2 Å². The van der Waals surface area contributed by atoms with Crippen molar-refractivity contribution in [3.05, 3.63) is 54.0 Å². The molecule has 0 bridgehead atoms. The Morgan fingerprint density at radius 2 is 2.05 bits per heavy atom. The molecule has 0 amide bonds. The standard InChI is InChI=1S/C16H17FN2O/c1-11(20)16(18-2)9-12-7-8-15(19-10-12)13-5-3-4-6-14(13)17/h3-8,10,16,18H,9H2,1-2H3/t16-/m0/s1. The molecule has 104 valence electrons. The zero-order valence-corrected chi connectivity index (χ0v) is 11.6. The fraction of sp³-hybridized carbons (Fsp3) is 0.250. The predicted molar refractivity (Wildman–Crippen MR) is 76.9 cm³/mol. The third kappa shape index (κ3) is 3.27. The molecule has 0 unspecified atom stereocenters. The van der Waals surface area contributed by atoms with E-state index >= 15 is 0 Å². The number of nitrogens with zero attached hydrogens (tertiary/aromatic N) is 1. The number of nitrogens with one attached hydrogen (secondary N) is 1. The molecule has 0 aliphatic heterocycles. The molecule has 0 spiro atoms. The number of hydrogen-bond acceptors (Lipinski definition) is 3. The average molecular weight is 272 g/mol. The molecule has 0 radical (unpaired) electrons. The van der Waals surface area contributed by atoms with E-state index < -0.39 is 0 Å². The van der Waals surface area contributed by atoms with E-state index in [0.717, 1.165) is 5.56 Å². The van der Waals surface area contributed by atoms with E-state index in [2.05, 4.69) is 10.3 Å². The van der Waals surface area contributed by atoms with Gasteiger partial charge in [0.15, 0.2) is 0 Å². The van der Waals surface area contributed by atoms with Crippen LogP contribution in [-0.2, 0) is 11.2 Å². The molecule has 1 heterocycles. The summed E-state index contributed by atoms with van der Waals surface area (Å²) in [5, 5.41) is 2.97. The Labute approximate surface area is 117 Å². The second-order valence-electron chi connectivity index (χ2n) is 4.69. The van der Waals surface area contributed by atoms with Crippen LogP contribution in [0.15, 0.2) is 42.6 Å². The first-order valence-electron chi connectivity index (χ1n) is 6.49. The minimum atomic E-state index is -0.287. The largest absolute Gasteiger partial charge is 0.310 e. The SMILES string of the molecule is CN[C@@H](Cc1ccc(-c2ccccc2F)nc1)C(C)=O. The van der Waals surface area contributed by atoms with Crippen molar-refractivity contribution in [1.29, 1.82) is 0 Å². The van der Waals surface area contributed by atoms with Crippen molar-refractivity contribution in [2.45, 2.75) is 19.4 Å².